The van der Waals surface area contributed by atoms with Crippen molar-refractivity contribution >= 4 is 22.6 Å². The number of nitrogens with one attached hydrogen (secondary N) is 1. The van der Waals surface area contributed by atoms with E-state index in [1.54, 1.807) is 24.3 Å². The molecule has 6 heteroatoms. The molecule has 1 fully saturated rings. The number of amides is 1. The highest BCUT2D eigenvalue weighted by Crippen LogP contribution is 2.21. The minimum absolute atomic E-state index is 0.199. The van der Waals surface area contributed by atoms with Crippen LogP contribution in [0.2, 0.25) is 0 Å². The third-order valence-electron chi connectivity index (χ3n) is 4.22. The number of carbonyl (C=O) groups is 2. The van der Waals surface area contributed by atoms with E-state index in [4.69, 9.17) is 4.74 Å². The van der Waals surface area contributed by atoms with Gasteiger partial charge in [-0.1, -0.05) is 18.2 Å². The summed E-state index contributed by atoms with van der Waals surface area (Å²) in [6.45, 7) is 0.480. The van der Waals surface area contributed by atoms with Crippen LogP contribution in [0.5, 0.6) is 0 Å². The van der Waals surface area contributed by atoms with Gasteiger partial charge in [-0.25, -0.2) is 4.79 Å². The zero-order valence-corrected chi connectivity index (χ0v) is 12.9. The van der Waals surface area contributed by atoms with Crippen molar-refractivity contribution in [3.63, 3.8) is 0 Å². The maximum atomic E-state index is 12.8. The number of methoxy groups -OCH3 is 1. The smallest absolute Gasteiger partial charge is 0.328 e. The molecule has 0 bridgehead atoms. The van der Waals surface area contributed by atoms with Gasteiger partial charge in [-0.15, -0.1) is 0 Å². The molecule has 1 aromatic heterocycles. The number of benzene rings is 1. The molecule has 2 aromatic rings. The van der Waals surface area contributed by atoms with E-state index in [-0.39, 0.29) is 17.2 Å². The van der Waals surface area contributed by atoms with Crippen LogP contribution in [0.1, 0.15) is 29.8 Å². The highest BCUT2D eigenvalue weighted by Gasteiger charge is 2.33. The molecular weight excluding hydrogens is 296 g/mol. The van der Waals surface area contributed by atoms with E-state index in [1.165, 1.54) is 12.0 Å². The Morgan fingerprint density at radius 2 is 2.04 bits per heavy atom. The standard InChI is InChI=1S/C17H18N2O4/c1-23-17(22)14-8-4-5-9-19(14)16(21)13-10-11-6-2-3-7-12(11)15(20)18-13/h2-3,6-7,10,14H,4-5,8-9H2,1H3,(H,18,20). The van der Waals surface area contributed by atoms with Crippen LogP contribution in [-0.2, 0) is 9.53 Å². The first-order valence-corrected chi connectivity index (χ1v) is 7.62. The molecule has 120 valence electrons. The van der Waals surface area contributed by atoms with Crippen molar-refractivity contribution in [2.75, 3.05) is 13.7 Å². The molecule has 0 radical (unpaired) electrons. The number of esters is 1. The number of nitrogens with zero attached hydrogens (tertiary/aromatic N) is 1. The molecule has 0 saturated carbocycles. The molecule has 2 heterocycles. The normalized spacial score (nSPS) is 18.0. The first kappa shape index (κ1) is 15.3. The van der Waals surface area contributed by atoms with E-state index < -0.39 is 12.0 Å². The molecule has 1 amide bonds. The van der Waals surface area contributed by atoms with Crippen LogP contribution >= 0.6 is 0 Å². The zero-order valence-electron chi connectivity index (χ0n) is 12.9. The van der Waals surface area contributed by atoms with E-state index in [9.17, 15) is 14.4 Å². The van der Waals surface area contributed by atoms with E-state index in [0.29, 0.717) is 23.7 Å². The molecule has 0 spiro atoms. The number of fused-ring (bicyclic) bond motifs is 1. The van der Waals surface area contributed by atoms with E-state index in [0.717, 1.165) is 12.8 Å². The Bertz CT molecular complexity index is 812. The SMILES string of the molecule is COC(=O)C1CCCCN1C(=O)c1cc2ccccc2c(=O)[nH]1. The molecule has 1 atom stereocenters. The van der Waals surface area contributed by atoms with Crippen molar-refractivity contribution in [1.82, 2.24) is 9.88 Å². The van der Waals surface area contributed by atoms with E-state index in [2.05, 4.69) is 4.98 Å². The van der Waals surface area contributed by atoms with Crippen LogP contribution in [0.15, 0.2) is 35.1 Å². The van der Waals surface area contributed by atoms with Gasteiger partial charge in [0.05, 0.1) is 7.11 Å². The van der Waals surface area contributed by atoms with E-state index in [1.807, 2.05) is 6.07 Å². The van der Waals surface area contributed by atoms with Gasteiger partial charge in [-0.3, -0.25) is 9.59 Å². The van der Waals surface area contributed by atoms with Crippen LogP contribution in [0.25, 0.3) is 10.8 Å². The number of carbonyl (C=O) groups excluding carboxylic acids is 2. The number of hydrogen-bond acceptors (Lipinski definition) is 4. The third kappa shape index (κ3) is 2.84. The summed E-state index contributed by atoms with van der Waals surface area (Å²) in [6.07, 6.45) is 2.28. The Kier molecular flexibility index (Phi) is 4.14. The Hall–Kier alpha value is -2.63. The molecule has 1 N–H and O–H groups in total. The lowest BCUT2D eigenvalue weighted by atomic mass is 10.0. The van der Waals surface area contributed by atoms with Crippen molar-refractivity contribution in [2.24, 2.45) is 0 Å². The van der Waals surface area contributed by atoms with Gasteiger partial charge in [0.2, 0.25) is 0 Å². The molecule has 6 nitrogen and oxygen atoms in total. The van der Waals surface area contributed by atoms with Crippen molar-refractivity contribution in [1.29, 1.82) is 0 Å². The Morgan fingerprint density at radius 1 is 1.26 bits per heavy atom. The van der Waals surface area contributed by atoms with Crippen molar-refractivity contribution in [3.8, 4) is 0 Å². The van der Waals surface area contributed by atoms with Gasteiger partial charge < -0.3 is 14.6 Å². The monoisotopic (exact) mass is 314 g/mol. The molecule has 23 heavy (non-hydrogen) atoms. The molecule has 1 aromatic carbocycles. The van der Waals surface area contributed by atoms with Crippen molar-refractivity contribution in [3.05, 3.63) is 46.4 Å². The van der Waals surface area contributed by atoms with Crippen LogP contribution < -0.4 is 5.56 Å². The summed E-state index contributed by atoms with van der Waals surface area (Å²) >= 11 is 0. The summed E-state index contributed by atoms with van der Waals surface area (Å²) in [5.74, 6) is -0.760. The highest BCUT2D eigenvalue weighted by molar-refractivity contribution is 5.98. The van der Waals surface area contributed by atoms with Crippen LogP contribution in [0, 0.1) is 0 Å². The largest absolute Gasteiger partial charge is 0.467 e. The number of pyridine rings is 1. The third-order valence-corrected chi connectivity index (χ3v) is 4.22. The second-order valence-electron chi connectivity index (χ2n) is 5.63. The second-order valence-corrected chi connectivity index (χ2v) is 5.63. The second kappa shape index (κ2) is 6.24. The lowest BCUT2D eigenvalue weighted by Crippen LogP contribution is -2.48. The summed E-state index contributed by atoms with van der Waals surface area (Å²) in [4.78, 5) is 40.9. The molecular formula is C17H18N2O4. The van der Waals surface area contributed by atoms with Crippen molar-refractivity contribution in [2.45, 2.75) is 25.3 Å². The van der Waals surface area contributed by atoms with Gasteiger partial charge in [0, 0.05) is 11.9 Å². The van der Waals surface area contributed by atoms with Gasteiger partial charge >= 0.3 is 5.97 Å². The van der Waals surface area contributed by atoms with Crippen molar-refractivity contribution < 1.29 is 14.3 Å². The molecule has 1 aliphatic rings. The summed E-state index contributed by atoms with van der Waals surface area (Å²) in [5.41, 5.74) is -0.109. The maximum Gasteiger partial charge on any atom is 0.328 e. The fourth-order valence-electron chi connectivity index (χ4n) is 3.04. The number of likely N-dealkylation sites (tertiary alicyclic amines) is 1. The average Bonchev–Trinajstić information content (AvgIpc) is 2.60. The van der Waals surface area contributed by atoms with Gasteiger partial charge in [0.25, 0.3) is 11.5 Å². The number of hydrogen-bond donors (Lipinski definition) is 1. The zero-order chi connectivity index (χ0) is 16.4. The number of aromatic amines is 1. The first-order valence-electron chi connectivity index (χ1n) is 7.62. The predicted molar refractivity (Wildman–Crippen MR) is 85.3 cm³/mol. The van der Waals surface area contributed by atoms with Gasteiger partial charge in [0.1, 0.15) is 11.7 Å². The molecule has 0 aliphatic carbocycles. The maximum absolute atomic E-state index is 12.8. The summed E-state index contributed by atoms with van der Waals surface area (Å²) in [5, 5.41) is 1.23. The minimum Gasteiger partial charge on any atom is -0.467 e. The lowest BCUT2D eigenvalue weighted by molar-refractivity contribution is -0.147. The fourth-order valence-corrected chi connectivity index (χ4v) is 3.04. The Morgan fingerprint density at radius 3 is 2.83 bits per heavy atom. The van der Waals surface area contributed by atoms with Crippen LogP contribution in [0.3, 0.4) is 0 Å². The minimum atomic E-state index is -0.587. The Balaban J connectivity index is 1.98. The first-order chi connectivity index (χ1) is 11.1. The van der Waals surface area contributed by atoms with E-state index >= 15 is 0 Å². The molecule has 1 saturated heterocycles. The van der Waals surface area contributed by atoms with Crippen LogP contribution in [-0.4, -0.2) is 41.5 Å². The number of ether oxygens (including phenoxy) is 1. The number of piperidine rings is 1. The highest BCUT2D eigenvalue weighted by atomic mass is 16.5. The number of rotatable bonds is 2. The number of aromatic nitrogens is 1. The molecule has 3 rings (SSSR count). The van der Waals surface area contributed by atoms with Crippen LogP contribution in [0.4, 0.5) is 0 Å². The summed E-state index contributed by atoms with van der Waals surface area (Å²) < 4.78 is 4.80. The molecule has 1 aliphatic heterocycles. The number of H-pyrrole nitrogens is 1. The van der Waals surface area contributed by atoms with Gasteiger partial charge in [-0.2, -0.15) is 0 Å². The summed E-state index contributed by atoms with van der Waals surface area (Å²) in [7, 11) is 1.32. The fraction of sp³-hybridized carbons (Fsp3) is 0.353. The average molecular weight is 314 g/mol. The lowest BCUT2D eigenvalue weighted by Gasteiger charge is -2.33. The topological polar surface area (TPSA) is 79.5 Å². The Labute approximate surface area is 133 Å². The predicted octanol–water partition coefficient (Wildman–Crippen LogP) is 1.70. The quantitative estimate of drug-likeness (QED) is 0.856. The molecule has 1 unspecified atom stereocenters. The van der Waals surface area contributed by atoms with Gasteiger partial charge in [-0.05, 0) is 36.8 Å². The van der Waals surface area contributed by atoms with Gasteiger partial charge in [0.15, 0.2) is 0 Å². The summed E-state index contributed by atoms with van der Waals surface area (Å²) in [6, 6.07) is 8.15.